The Bertz CT molecular complexity index is 1850. The highest BCUT2D eigenvalue weighted by molar-refractivity contribution is 7.22. The molecule has 0 spiro atoms. The lowest BCUT2D eigenvalue weighted by molar-refractivity contribution is -0.160. The molecule has 1 saturated heterocycles. The highest BCUT2D eigenvalue weighted by Gasteiger charge is 2.34. The number of nitrogens with zero attached hydrogens (tertiary/aromatic N) is 5. The van der Waals surface area contributed by atoms with Gasteiger partial charge in [-0.3, -0.25) is 0 Å². The number of fused-ring (bicyclic) bond motifs is 8. The molecular weight excluding hydrogens is 635 g/mol. The normalized spacial score (nSPS) is 22.5. The van der Waals surface area contributed by atoms with Gasteiger partial charge in [0.05, 0.1) is 22.4 Å². The summed E-state index contributed by atoms with van der Waals surface area (Å²) in [4.78, 5) is 32.9. The number of aryl methyl sites for hydroxylation is 1. The van der Waals surface area contributed by atoms with Crippen LogP contribution in [0.1, 0.15) is 94.9 Å². The van der Waals surface area contributed by atoms with E-state index < -0.39 is 17.7 Å². The van der Waals surface area contributed by atoms with E-state index in [0.29, 0.717) is 23.4 Å². The molecule has 0 aliphatic carbocycles. The maximum absolute atomic E-state index is 13.0. The van der Waals surface area contributed by atoms with Crippen molar-refractivity contribution >= 4 is 33.5 Å². The van der Waals surface area contributed by atoms with Gasteiger partial charge in [0.25, 0.3) is 0 Å². The standard InChI is InChI=1S/C39H49N5O4S/c1-23-9-7-8-10-25-14-18-47-31-12-11-26(21-28(25)31)33-32(34(37(45)46)48-39(3,4)5)24(2)20-30-35(33)49-36(41-30)29-13-15-40-38(42-29)44-17-16-43(6)22-27(44)19-23/h11-13,15,20-21,23,25,27,34H,7-10,14,16-19,22H2,1-6H3,(H,45,46)/t23?,25?,27?,34-/m0/s1. The second-order valence-corrected chi connectivity index (χ2v) is 16.4. The lowest BCUT2D eigenvalue weighted by Crippen LogP contribution is -2.53. The summed E-state index contributed by atoms with van der Waals surface area (Å²) in [6.07, 6.45) is 7.44. The Balaban J connectivity index is 1.44. The summed E-state index contributed by atoms with van der Waals surface area (Å²) in [6, 6.07) is 10.7. The molecule has 0 amide bonds. The van der Waals surface area contributed by atoms with Gasteiger partial charge in [-0.15, -0.1) is 11.3 Å². The van der Waals surface area contributed by atoms with Crippen LogP contribution in [0, 0.1) is 12.8 Å². The SMILES string of the molecule is Cc1cc2nc3sc2c(c1[C@H](OC(C)(C)C)C(=O)O)-c1ccc2c(c1)C(CCCCC(C)CC1CN(C)CCN1c1nccc-3n1)CCO2. The smallest absolute Gasteiger partial charge is 0.337 e. The zero-order chi connectivity index (χ0) is 34.4. The summed E-state index contributed by atoms with van der Waals surface area (Å²) in [6.45, 7) is 13.6. The molecule has 260 valence electrons. The van der Waals surface area contributed by atoms with E-state index in [-0.39, 0.29) is 0 Å². The fourth-order valence-electron chi connectivity index (χ4n) is 8.00. The number of likely N-dealkylation sites (N-methyl/N-ethyl adjacent to an activating group) is 1. The minimum atomic E-state index is -1.16. The zero-order valence-corrected chi connectivity index (χ0v) is 30.5. The summed E-state index contributed by atoms with van der Waals surface area (Å²) in [5.41, 5.74) is 5.47. The van der Waals surface area contributed by atoms with E-state index in [1.807, 2.05) is 46.0 Å². The van der Waals surface area contributed by atoms with E-state index in [0.717, 1.165) is 101 Å². The van der Waals surface area contributed by atoms with E-state index in [2.05, 4.69) is 42.0 Å². The highest BCUT2D eigenvalue weighted by Crippen LogP contribution is 2.47. The molecule has 10 heteroatoms. The van der Waals surface area contributed by atoms with Crippen LogP contribution in [-0.2, 0) is 9.53 Å². The van der Waals surface area contributed by atoms with Gasteiger partial charge < -0.3 is 24.4 Å². The summed E-state index contributed by atoms with van der Waals surface area (Å²) in [7, 11) is 2.21. The zero-order valence-electron chi connectivity index (χ0n) is 29.7. The number of anilines is 1. The number of ether oxygens (including phenoxy) is 2. The Kier molecular flexibility index (Phi) is 9.41. The minimum absolute atomic E-state index is 0.341. The lowest BCUT2D eigenvalue weighted by atomic mass is 9.84. The van der Waals surface area contributed by atoms with Gasteiger partial charge in [0.1, 0.15) is 16.5 Å². The van der Waals surface area contributed by atoms with Crippen molar-refractivity contribution < 1.29 is 19.4 Å². The Morgan fingerprint density at radius 1 is 1.10 bits per heavy atom. The quantitative estimate of drug-likeness (QED) is 0.229. The van der Waals surface area contributed by atoms with Crippen LogP contribution in [0.3, 0.4) is 0 Å². The number of aliphatic carboxylic acids is 1. The first-order valence-electron chi connectivity index (χ1n) is 17.9. The summed E-state index contributed by atoms with van der Waals surface area (Å²) >= 11 is 1.56. The van der Waals surface area contributed by atoms with E-state index in [9.17, 15) is 9.90 Å². The third-order valence-corrected chi connectivity index (χ3v) is 11.4. The molecule has 0 saturated carbocycles. The van der Waals surface area contributed by atoms with Gasteiger partial charge in [0.2, 0.25) is 5.95 Å². The fourth-order valence-corrected chi connectivity index (χ4v) is 9.09. The van der Waals surface area contributed by atoms with Gasteiger partial charge >= 0.3 is 5.97 Å². The number of piperazine rings is 1. The number of hydrogen-bond donors (Lipinski definition) is 1. The number of carboxylic acid groups (broad SMARTS) is 1. The number of carboxylic acids is 1. The molecule has 6 bridgehead atoms. The van der Waals surface area contributed by atoms with Crippen molar-refractivity contribution in [2.75, 3.05) is 38.2 Å². The van der Waals surface area contributed by atoms with Crippen molar-refractivity contribution in [3.63, 3.8) is 0 Å². The van der Waals surface area contributed by atoms with Gasteiger partial charge in [0.15, 0.2) is 6.10 Å². The Hall–Kier alpha value is -3.60. The molecule has 2 aromatic carbocycles. The van der Waals surface area contributed by atoms with Crippen LogP contribution in [0.15, 0.2) is 36.5 Å². The maximum Gasteiger partial charge on any atom is 0.337 e. The van der Waals surface area contributed by atoms with Crippen LogP contribution < -0.4 is 9.64 Å². The average molecular weight is 684 g/mol. The molecule has 1 fully saturated rings. The summed E-state index contributed by atoms with van der Waals surface area (Å²) < 4.78 is 13.4. The molecule has 1 N–H and O–H groups in total. The molecular formula is C39H49N5O4S. The van der Waals surface area contributed by atoms with Crippen molar-refractivity contribution in [3.8, 4) is 27.6 Å². The molecule has 2 aromatic heterocycles. The van der Waals surface area contributed by atoms with E-state index in [1.165, 1.54) is 18.4 Å². The van der Waals surface area contributed by atoms with Crippen LogP contribution >= 0.6 is 11.3 Å². The number of rotatable bonds is 3. The van der Waals surface area contributed by atoms with Gasteiger partial charge in [0, 0.05) is 43.0 Å². The lowest BCUT2D eigenvalue weighted by Gasteiger charge is -2.41. The summed E-state index contributed by atoms with van der Waals surface area (Å²) in [5.74, 6) is 1.67. The minimum Gasteiger partial charge on any atom is -0.493 e. The van der Waals surface area contributed by atoms with Gasteiger partial charge in [-0.25, -0.2) is 19.7 Å². The van der Waals surface area contributed by atoms with E-state index in [1.54, 1.807) is 11.3 Å². The maximum atomic E-state index is 13.0. The Morgan fingerprint density at radius 3 is 2.71 bits per heavy atom. The first-order chi connectivity index (χ1) is 23.4. The monoisotopic (exact) mass is 683 g/mol. The summed E-state index contributed by atoms with van der Waals surface area (Å²) in [5, 5.41) is 11.4. The second-order valence-electron chi connectivity index (χ2n) is 15.4. The second kappa shape index (κ2) is 13.6. The van der Waals surface area contributed by atoms with Crippen LogP contribution in [0.25, 0.3) is 32.0 Å². The van der Waals surface area contributed by atoms with E-state index in [4.69, 9.17) is 24.4 Å². The van der Waals surface area contributed by atoms with Crippen LogP contribution in [0.5, 0.6) is 5.75 Å². The number of hydrogen-bond acceptors (Lipinski definition) is 9. The van der Waals surface area contributed by atoms with E-state index >= 15 is 0 Å². The fraction of sp³-hybridized carbons (Fsp3) is 0.538. The Morgan fingerprint density at radius 2 is 1.92 bits per heavy atom. The molecule has 7 rings (SSSR count). The molecule has 3 aliphatic heterocycles. The molecule has 3 aliphatic rings. The molecule has 3 unspecified atom stereocenters. The highest BCUT2D eigenvalue weighted by atomic mass is 32.1. The van der Waals surface area contributed by atoms with Crippen molar-refractivity contribution in [1.82, 2.24) is 19.9 Å². The predicted molar refractivity (Wildman–Crippen MR) is 196 cm³/mol. The van der Waals surface area contributed by atoms with Gasteiger partial charge in [-0.2, -0.15) is 0 Å². The molecule has 4 atom stereocenters. The predicted octanol–water partition coefficient (Wildman–Crippen LogP) is 8.26. The van der Waals surface area contributed by atoms with Gasteiger partial charge in [-0.1, -0.05) is 32.3 Å². The number of thiazole rings is 1. The number of aromatic nitrogens is 3. The molecule has 9 nitrogen and oxygen atoms in total. The van der Waals surface area contributed by atoms with Crippen molar-refractivity contribution in [3.05, 3.63) is 53.2 Å². The first kappa shape index (κ1) is 33.9. The topological polar surface area (TPSA) is 101 Å². The van der Waals surface area contributed by atoms with Crippen molar-refractivity contribution in [2.24, 2.45) is 5.92 Å². The average Bonchev–Trinajstić information content (AvgIpc) is 3.48. The third kappa shape index (κ3) is 7.05. The van der Waals surface area contributed by atoms with Crippen LogP contribution in [-0.4, -0.2) is 75.9 Å². The van der Waals surface area contributed by atoms with Crippen LogP contribution in [0.4, 0.5) is 5.95 Å². The van der Waals surface area contributed by atoms with Crippen LogP contribution in [0.2, 0.25) is 0 Å². The third-order valence-electron chi connectivity index (χ3n) is 10.3. The number of carbonyl (C=O) groups is 1. The number of benzene rings is 2. The molecule has 4 aromatic rings. The van der Waals surface area contributed by atoms with Crippen molar-refractivity contribution in [1.29, 1.82) is 0 Å². The molecule has 49 heavy (non-hydrogen) atoms. The largest absolute Gasteiger partial charge is 0.493 e. The molecule has 0 radical (unpaired) electrons. The molecule has 5 heterocycles. The van der Waals surface area contributed by atoms with Gasteiger partial charge in [-0.05, 0) is 107 Å². The van der Waals surface area contributed by atoms with Crippen molar-refractivity contribution in [2.45, 2.75) is 96.8 Å². The first-order valence-corrected chi connectivity index (χ1v) is 18.7. The Labute approximate surface area is 293 Å².